The highest BCUT2D eigenvalue weighted by atomic mass is 32.2. The first kappa shape index (κ1) is 24.9. The highest BCUT2D eigenvalue weighted by Crippen LogP contribution is 2.25. The molecule has 0 saturated carbocycles. The number of carbonyl (C=O) groups is 1. The average Bonchev–Trinajstić information content (AvgIpc) is 3.26. The van der Waals surface area contributed by atoms with Gasteiger partial charge in [-0.1, -0.05) is 53.2 Å². The first-order valence-corrected chi connectivity index (χ1v) is 12.3. The monoisotopic (exact) mass is 502 g/mol. The lowest BCUT2D eigenvalue weighted by Crippen LogP contribution is -2.15. The maximum absolute atomic E-state index is 12.6. The summed E-state index contributed by atoms with van der Waals surface area (Å²) in [6.07, 6.45) is 0. The maximum Gasteiger partial charge on any atom is 0.274 e. The summed E-state index contributed by atoms with van der Waals surface area (Å²) in [4.78, 5) is 23.3. The van der Waals surface area contributed by atoms with E-state index in [0.717, 1.165) is 16.9 Å². The molecule has 1 heterocycles. The van der Waals surface area contributed by atoms with Crippen LogP contribution in [0.25, 0.3) is 5.69 Å². The zero-order valence-corrected chi connectivity index (χ0v) is 21.0. The average molecular weight is 503 g/mol. The molecule has 0 unspecified atom stereocenters. The van der Waals surface area contributed by atoms with Gasteiger partial charge in [0, 0.05) is 28.7 Å². The van der Waals surface area contributed by atoms with Crippen LogP contribution >= 0.6 is 11.8 Å². The van der Waals surface area contributed by atoms with Crippen molar-refractivity contribution in [3.05, 3.63) is 99.4 Å². The number of carbonyl (C=O) groups excluding carboxylic acids is 1. The van der Waals surface area contributed by atoms with E-state index in [1.54, 1.807) is 19.1 Å². The van der Waals surface area contributed by atoms with Crippen LogP contribution in [0.15, 0.2) is 71.9 Å². The molecule has 0 radical (unpaired) electrons. The number of benzene rings is 3. The Balaban J connectivity index is 1.50. The summed E-state index contributed by atoms with van der Waals surface area (Å²) in [6, 6.07) is 20.7. The van der Waals surface area contributed by atoms with E-state index in [0.29, 0.717) is 28.8 Å². The quantitative estimate of drug-likeness (QED) is 0.178. The van der Waals surface area contributed by atoms with Crippen LogP contribution in [0.2, 0.25) is 0 Å². The zero-order chi connectivity index (χ0) is 25.7. The summed E-state index contributed by atoms with van der Waals surface area (Å²) in [5, 5.41) is 26.6. The molecule has 1 amide bonds. The first-order valence-electron chi connectivity index (χ1n) is 11.3. The molecule has 4 rings (SSSR count). The summed E-state index contributed by atoms with van der Waals surface area (Å²) in [6.45, 7) is 6.16. The van der Waals surface area contributed by atoms with Gasteiger partial charge in [-0.15, -0.1) is 10.2 Å². The van der Waals surface area contributed by atoms with Gasteiger partial charge in [-0.05, 0) is 51.1 Å². The molecule has 0 aliphatic carbocycles. The van der Waals surface area contributed by atoms with Crippen molar-refractivity contribution in [2.45, 2.75) is 32.5 Å². The number of rotatable bonds is 9. The van der Waals surface area contributed by atoms with E-state index in [1.807, 2.05) is 66.9 Å². The Morgan fingerprint density at radius 3 is 2.25 bits per heavy atom. The molecule has 3 aromatic carbocycles. The van der Waals surface area contributed by atoms with E-state index in [2.05, 4.69) is 20.8 Å². The normalized spacial score (nSPS) is 10.8. The van der Waals surface area contributed by atoms with Gasteiger partial charge in [0.25, 0.3) is 5.69 Å². The van der Waals surface area contributed by atoms with Gasteiger partial charge < -0.3 is 10.6 Å². The predicted molar refractivity (Wildman–Crippen MR) is 142 cm³/mol. The molecule has 4 aromatic rings. The first-order chi connectivity index (χ1) is 17.3. The molecule has 0 aliphatic heterocycles. The molecule has 1 aromatic heterocycles. The highest BCUT2D eigenvalue weighted by molar-refractivity contribution is 7.99. The smallest absolute Gasteiger partial charge is 0.274 e. The van der Waals surface area contributed by atoms with Crippen molar-refractivity contribution < 1.29 is 9.72 Å². The molecular weight excluding hydrogens is 476 g/mol. The van der Waals surface area contributed by atoms with Crippen molar-refractivity contribution >= 4 is 34.7 Å². The summed E-state index contributed by atoms with van der Waals surface area (Å²) in [5.41, 5.74) is 5.05. The van der Waals surface area contributed by atoms with Gasteiger partial charge in [0.05, 0.1) is 17.2 Å². The summed E-state index contributed by atoms with van der Waals surface area (Å²) >= 11 is 1.25. The minimum atomic E-state index is -0.462. The molecular formula is C26H26N6O3S. The molecule has 9 nitrogen and oxygen atoms in total. The second-order valence-electron chi connectivity index (χ2n) is 8.38. The van der Waals surface area contributed by atoms with Crippen molar-refractivity contribution in [3.8, 4) is 5.69 Å². The van der Waals surface area contributed by atoms with Crippen LogP contribution in [0, 0.1) is 30.9 Å². The van der Waals surface area contributed by atoms with Gasteiger partial charge in [0.1, 0.15) is 0 Å². The molecule has 0 spiro atoms. The van der Waals surface area contributed by atoms with Crippen LogP contribution in [-0.2, 0) is 11.3 Å². The third-order valence-corrected chi connectivity index (χ3v) is 6.45. The fourth-order valence-corrected chi connectivity index (χ4v) is 4.30. The second kappa shape index (κ2) is 11.0. The third-order valence-electron chi connectivity index (χ3n) is 5.52. The SMILES string of the molecule is Cc1ccc(NCc2nnc(SCC(=O)Nc3ccc(C)c([N+](=O)[O-])c3)n2-c2ccc(C)cc2)cc1. The molecule has 2 N–H and O–H groups in total. The summed E-state index contributed by atoms with van der Waals surface area (Å²) < 4.78 is 1.93. The minimum Gasteiger partial charge on any atom is -0.378 e. The van der Waals surface area contributed by atoms with Crippen molar-refractivity contribution in [1.82, 2.24) is 14.8 Å². The molecule has 10 heteroatoms. The van der Waals surface area contributed by atoms with Crippen LogP contribution < -0.4 is 10.6 Å². The van der Waals surface area contributed by atoms with Crippen molar-refractivity contribution in [3.63, 3.8) is 0 Å². The Kier molecular flexibility index (Phi) is 7.65. The number of hydrogen-bond donors (Lipinski definition) is 2. The zero-order valence-electron chi connectivity index (χ0n) is 20.2. The summed E-state index contributed by atoms with van der Waals surface area (Å²) in [7, 11) is 0. The number of amides is 1. The van der Waals surface area contributed by atoms with Crippen molar-refractivity contribution in [2.75, 3.05) is 16.4 Å². The third kappa shape index (κ3) is 6.08. The Bertz CT molecular complexity index is 1380. The molecule has 0 aliphatic rings. The number of thioether (sulfide) groups is 1. The molecule has 36 heavy (non-hydrogen) atoms. The van der Waals surface area contributed by atoms with Gasteiger partial charge in [0.15, 0.2) is 11.0 Å². The Hall–Kier alpha value is -4.18. The number of nitro benzene ring substituents is 1. The number of aryl methyl sites for hydroxylation is 3. The second-order valence-corrected chi connectivity index (χ2v) is 9.33. The number of anilines is 2. The number of hydrogen-bond acceptors (Lipinski definition) is 7. The lowest BCUT2D eigenvalue weighted by atomic mass is 10.2. The molecule has 0 bridgehead atoms. The largest absolute Gasteiger partial charge is 0.378 e. The van der Waals surface area contributed by atoms with Crippen LogP contribution in [0.5, 0.6) is 0 Å². The molecule has 0 atom stereocenters. The van der Waals surface area contributed by atoms with E-state index in [-0.39, 0.29) is 17.3 Å². The van der Waals surface area contributed by atoms with Gasteiger partial charge in [0.2, 0.25) is 5.91 Å². The number of aromatic nitrogens is 3. The van der Waals surface area contributed by atoms with Gasteiger partial charge in [-0.25, -0.2) is 0 Å². The highest BCUT2D eigenvalue weighted by Gasteiger charge is 2.17. The van der Waals surface area contributed by atoms with Crippen molar-refractivity contribution in [1.29, 1.82) is 0 Å². The lowest BCUT2D eigenvalue weighted by molar-refractivity contribution is -0.385. The topological polar surface area (TPSA) is 115 Å². The number of nitrogens with one attached hydrogen (secondary N) is 2. The molecule has 184 valence electrons. The molecule has 0 fully saturated rings. The lowest BCUT2D eigenvalue weighted by Gasteiger charge is -2.12. The van der Waals surface area contributed by atoms with Crippen LogP contribution in [0.1, 0.15) is 22.5 Å². The summed E-state index contributed by atoms with van der Waals surface area (Å²) in [5.74, 6) is 0.476. The van der Waals surface area contributed by atoms with E-state index < -0.39 is 4.92 Å². The van der Waals surface area contributed by atoms with E-state index in [1.165, 1.54) is 23.4 Å². The van der Waals surface area contributed by atoms with E-state index in [4.69, 9.17) is 0 Å². The standard InChI is InChI=1S/C26H26N6O3S/c1-17-4-9-20(10-5-17)27-15-24-29-30-26(31(24)22-12-6-18(2)7-13-22)36-16-25(33)28-21-11-8-19(3)23(14-21)32(34)35/h4-14,27H,15-16H2,1-3H3,(H,28,33). The maximum atomic E-state index is 12.6. The fourth-order valence-electron chi connectivity index (χ4n) is 3.53. The van der Waals surface area contributed by atoms with Crippen molar-refractivity contribution in [2.24, 2.45) is 0 Å². The minimum absolute atomic E-state index is 0.0368. The van der Waals surface area contributed by atoms with Crippen LogP contribution in [0.3, 0.4) is 0 Å². The Labute approximate surface area is 213 Å². The van der Waals surface area contributed by atoms with Crippen LogP contribution in [0.4, 0.5) is 17.1 Å². The number of nitrogens with zero attached hydrogens (tertiary/aromatic N) is 4. The van der Waals surface area contributed by atoms with Gasteiger partial charge >= 0.3 is 0 Å². The van der Waals surface area contributed by atoms with Gasteiger partial charge in [-0.2, -0.15) is 0 Å². The van der Waals surface area contributed by atoms with E-state index in [9.17, 15) is 14.9 Å². The Morgan fingerprint density at radius 2 is 1.58 bits per heavy atom. The Morgan fingerprint density at radius 1 is 0.944 bits per heavy atom. The molecule has 0 saturated heterocycles. The fraction of sp³-hybridized carbons (Fsp3) is 0.192. The predicted octanol–water partition coefficient (Wildman–Crippen LogP) is 5.44. The van der Waals surface area contributed by atoms with Gasteiger partial charge in [-0.3, -0.25) is 19.5 Å². The van der Waals surface area contributed by atoms with E-state index >= 15 is 0 Å². The number of nitro groups is 1. The van der Waals surface area contributed by atoms with Crippen LogP contribution in [-0.4, -0.2) is 31.3 Å².